The van der Waals surface area contributed by atoms with Crippen LogP contribution in [0.1, 0.15) is 21.8 Å². The third-order valence-corrected chi connectivity index (χ3v) is 6.30. The highest BCUT2D eigenvalue weighted by Gasteiger charge is 2.23. The summed E-state index contributed by atoms with van der Waals surface area (Å²) in [5, 5.41) is 1.14. The second kappa shape index (κ2) is 7.23. The van der Waals surface area contributed by atoms with Crippen LogP contribution in [0.3, 0.4) is 0 Å². The number of nitrogens with zero attached hydrogens (tertiary/aromatic N) is 6. The first-order valence-electron chi connectivity index (χ1n) is 9.22. The molecule has 140 valence electrons. The van der Waals surface area contributed by atoms with Crippen LogP contribution in [0.4, 0.5) is 10.9 Å². The summed E-state index contributed by atoms with van der Waals surface area (Å²) in [6, 6.07) is 3.91. The molecule has 0 radical (unpaired) electrons. The highest BCUT2D eigenvalue weighted by molar-refractivity contribution is 7.15. The van der Waals surface area contributed by atoms with E-state index in [1.165, 1.54) is 4.88 Å². The molecule has 4 heterocycles. The van der Waals surface area contributed by atoms with Crippen molar-refractivity contribution < 1.29 is 0 Å². The Bertz CT molecular complexity index is 925. The Balaban J connectivity index is 1.56. The lowest BCUT2D eigenvalue weighted by Gasteiger charge is -2.36. The summed E-state index contributed by atoms with van der Waals surface area (Å²) in [7, 11) is 0. The van der Waals surface area contributed by atoms with Crippen LogP contribution in [0.15, 0.2) is 24.5 Å². The standard InChI is InChI=1S/C20H24N6S/c1-13-14(2)22-18(17-5-7-21-8-6-17)24-19(13)25-9-11-26(12-10-25)20-23-15(3)16(4)27-20/h5-8H,9-12H2,1-4H3. The van der Waals surface area contributed by atoms with Crippen LogP contribution in [0.2, 0.25) is 0 Å². The van der Waals surface area contributed by atoms with Gasteiger partial charge < -0.3 is 9.80 Å². The number of anilines is 2. The molecular weight excluding hydrogens is 356 g/mol. The molecule has 0 amide bonds. The Kier molecular flexibility index (Phi) is 4.78. The quantitative estimate of drug-likeness (QED) is 0.692. The van der Waals surface area contributed by atoms with Gasteiger partial charge in [-0.25, -0.2) is 15.0 Å². The second-order valence-electron chi connectivity index (χ2n) is 6.93. The van der Waals surface area contributed by atoms with Crippen molar-refractivity contribution in [3.63, 3.8) is 0 Å². The fourth-order valence-corrected chi connectivity index (χ4v) is 4.21. The van der Waals surface area contributed by atoms with E-state index >= 15 is 0 Å². The topological polar surface area (TPSA) is 58.0 Å². The monoisotopic (exact) mass is 380 g/mol. The zero-order chi connectivity index (χ0) is 19.0. The Labute approximate surface area is 163 Å². The molecule has 7 heteroatoms. The van der Waals surface area contributed by atoms with E-state index in [2.05, 4.69) is 47.5 Å². The van der Waals surface area contributed by atoms with Crippen LogP contribution >= 0.6 is 11.3 Å². The number of hydrogen-bond acceptors (Lipinski definition) is 7. The average molecular weight is 381 g/mol. The van der Waals surface area contributed by atoms with Gasteiger partial charge in [0.05, 0.1) is 5.69 Å². The van der Waals surface area contributed by atoms with E-state index in [1.807, 2.05) is 12.1 Å². The van der Waals surface area contributed by atoms with Gasteiger partial charge in [0.25, 0.3) is 0 Å². The number of pyridine rings is 1. The minimum Gasteiger partial charge on any atom is -0.353 e. The lowest BCUT2D eigenvalue weighted by Crippen LogP contribution is -2.47. The van der Waals surface area contributed by atoms with E-state index in [9.17, 15) is 0 Å². The first kappa shape index (κ1) is 17.9. The normalized spacial score (nSPS) is 14.7. The minimum atomic E-state index is 0.768. The fourth-order valence-electron chi connectivity index (χ4n) is 3.25. The van der Waals surface area contributed by atoms with Gasteiger partial charge in [-0.05, 0) is 39.8 Å². The highest BCUT2D eigenvalue weighted by Crippen LogP contribution is 2.29. The van der Waals surface area contributed by atoms with Crippen LogP contribution < -0.4 is 9.80 Å². The van der Waals surface area contributed by atoms with Crippen LogP contribution in [0.25, 0.3) is 11.4 Å². The van der Waals surface area contributed by atoms with Crippen molar-refractivity contribution in [2.24, 2.45) is 0 Å². The number of piperazine rings is 1. The summed E-state index contributed by atoms with van der Waals surface area (Å²) < 4.78 is 0. The maximum absolute atomic E-state index is 4.90. The average Bonchev–Trinajstić information content (AvgIpc) is 3.03. The molecule has 3 aromatic heterocycles. The molecule has 6 nitrogen and oxygen atoms in total. The van der Waals surface area contributed by atoms with E-state index in [1.54, 1.807) is 23.7 Å². The molecule has 0 aliphatic carbocycles. The van der Waals surface area contributed by atoms with Gasteiger partial charge >= 0.3 is 0 Å². The predicted octanol–water partition coefficient (Wildman–Crippen LogP) is 3.56. The zero-order valence-electron chi connectivity index (χ0n) is 16.2. The van der Waals surface area contributed by atoms with Crippen molar-refractivity contribution in [1.29, 1.82) is 0 Å². The number of rotatable bonds is 3. The summed E-state index contributed by atoms with van der Waals surface area (Å²) in [6.45, 7) is 12.2. The number of thiazole rings is 1. The lowest BCUT2D eigenvalue weighted by molar-refractivity contribution is 0.643. The van der Waals surface area contributed by atoms with Gasteiger partial charge in [-0.1, -0.05) is 0 Å². The Morgan fingerprint density at radius 3 is 2.11 bits per heavy atom. The number of hydrogen-bond donors (Lipinski definition) is 0. The van der Waals surface area contributed by atoms with Crippen LogP contribution in [-0.2, 0) is 0 Å². The van der Waals surface area contributed by atoms with Crippen molar-refractivity contribution in [3.05, 3.63) is 46.4 Å². The van der Waals surface area contributed by atoms with E-state index in [-0.39, 0.29) is 0 Å². The maximum Gasteiger partial charge on any atom is 0.185 e. The lowest BCUT2D eigenvalue weighted by atomic mass is 10.2. The van der Waals surface area contributed by atoms with Gasteiger partial charge in [-0.3, -0.25) is 4.98 Å². The molecular formula is C20H24N6S. The molecule has 1 aliphatic rings. The second-order valence-corrected chi connectivity index (χ2v) is 8.11. The molecule has 0 N–H and O–H groups in total. The molecule has 0 spiro atoms. The molecule has 0 unspecified atom stereocenters. The highest BCUT2D eigenvalue weighted by atomic mass is 32.1. The number of aryl methyl sites for hydroxylation is 3. The molecule has 1 fully saturated rings. The van der Waals surface area contributed by atoms with Crippen molar-refractivity contribution in [2.45, 2.75) is 27.7 Å². The Morgan fingerprint density at radius 2 is 1.48 bits per heavy atom. The van der Waals surface area contributed by atoms with Gasteiger partial charge in [-0.15, -0.1) is 11.3 Å². The van der Waals surface area contributed by atoms with Crippen molar-refractivity contribution >= 4 is 22.3 Å². The first-order valence-corrected chi connectivity index (χ1v) is 10.0. The molecule has 1 saturated heterocycles. The molecule has 0 atom stereocenters. The van der Waals surface area contributed by atoms with E-state index in [0.29, 0.717) is 0 Å². The molecule has 1 aliphatic heterocycles. The Morgan fingerprint density at radius 1 is 0.815 bits per heavy atom. The zero-order valence-corrected chi connectivity index (χ0v) is 17.0. The van der Waals surface area contributed by atoms with Crippen LogP contribution in [-0.4, -0.2) is 46.1 Å². The predicted molar refractivity (Wildman–Crippen MR) is 111 cm³/mol. The summed E-state index contributed by atoms with van der Waals surface area (Å²) >= 11 is 1.79. The van der Waals surface area contributed by atoms with Gasteiger partial charge in [0, 0.05) is 60.3 Å². The minimum absolute atomic E-state index is 0.768. The molecule has 0 saturated carbocycles. The fraction of sp³-hybridized carbons (Fsp3) is 0.400. The van der Waals surface area contributed by atoms with E-state index in [4.69, 9.17) is 9.97 Å². The van der Waals surface area contributed by atoms with Crippen LogP contribution in [0, 0.1) is 27.7 Å². The van der Waals surface area contributed by atoms with Crippen LogP contribution in [0.5, 0.6) is 0 Å². The third-order valence-electron chi connectivity index (χ3n) is 5.17. The first-order chi connectivity index (χ1) is 13.0. The summed E-state index contributed by atoms with van der Waals surface area (Å²) in [5.41, 5.74) is 4.33. The largest absolute Gasteiger partial charge is 0.353 e. The third kappa shape index (κ3) is 3.51. The van der Waals surface area contributed by atoms with Gasteiger partial charge in [0.2, 0.25) is 0 Å². The summed E-state index contributed by atoms with van der Waals surface area (Å²) in [5.74, 6) is 1.81. The maximum atomic E-state index is 4.90. The molecule has 27 heavy (non-hydrogen) atoms. The van der Waals surface area contributed by atoms with Crippen molar-refractivity contribution in [3.8, 4) is 11.4 Å². The number of aromatic nitrogens is 4. The molecule has 0 bridgehead atoms. The SMILES string of the molecule is Cc1nc(N2CCN(c3nc(-c4ccncc4)nc(C)c3C)CC2)sc1C. The smallest absolute Gasteiger partial charge is 0.185 e. The Hall–Kier alpha value is -2.54. The van der Waals surface area contributed by atoms with Gasteiger partial charge in [-0.2, -0.15) is 0 Å². The molecule has 3 aromatic rings. The molecule has 0 aromatic carbocycles. The van der Waals surface area contributed by atoms with Crippen molar-refractivity contribution in [1.82, 2.24) is 19.9 Å². The van der Waals surface area contributed by atoms with Crippen molar-refractivity contribution in [2.75, 3.05) is 36.0 Å². The summed E-state index contributed by atoms with van der Waals surface area (Å²) in [4.78, 5) is 24.5. The van der Waals surface area contributed by atoms with E-state index < -0.39 is 0 Å². The molecule has 4 rings (SSSR count). The van der Waals surface area contributed by atoms with Gasteiger partial charge in [0.1, 0.15) is 5.82 Å². The van der Waals surface area contributed by atoms with E-state index in [0.717, 1.165) is 65.5 Å². The van der Waals surface area contributed by atoms with Gasteiger partial charge in [0.15, 0.2) is 11.0 Å². The summed E-state index contributed by atoms with van der Waals surface area (Å²) in [6.07, 6.45) is 3.56.